The highest BCUT2D eigenvalue weighted by molar-refractivity contribution is 5.56. The van der Waals surface area contributed by atoms with Gasteiger partial charge in [0.15, 0.2) is 6.61 Å². The molecule has 0 radical (unpaired) electrons. The van der Waals surface area contributed by atoms with E-state index in [1.807, 2.05) is 6.92 Å². The molecule has 2 rings (SSSR count). The van der Waals surface area contributed by atoms with Crippen molar-refractivity contribution in [1.82, 2.24) is 9.97 Å². The maximum Gasteiger partial charge on any atom is 0.422 e. The zero-order chi connectivity index (χ0) is 16.0. The predicted octanol–water partition coefficient (Wildman–Crippen LogP) is 3.46. The smallest absolute Gasteiger partial charge is 0.422 e. The van der Waals surface area contributed by atoms with E-state index in [1.54, 1.807) is 36.8 Å². The van der Waals surface area contributed by atoms with Gasteiger partial charge in [-0.3, -0.25) is 9.97 Å². The number of hydrogen-bond acceptors (Lipinski definition) is 4. The summed E-state index contributed by atoms with van der Waals surface area (Å²) < 4.78 is 41.6. The molecule has 1 atom stereocenters. The number of nitrogens with zero attached hydrogens (tertiary/aromatic N) is 2. The van der Waals surface area contributed by atoms with Crippen LogP contribution in [0.1, 0.15) is 12.6 Å². The van der Waals surface area contributed by atoms with E-state index >= 15 is 0 Å². The van der Waals surface area contributed by atoms with Crippen LogP contribution in [0.25, 0.3) is 0 Å². The minimum atomic E-state index is -4.36. The summed E-state index contributed by atoms with van der Waals surface area (Å²) in [6, 6.07) is 6.51. The maximum atomic E-state index is 12.3. The molecule has 0 saturated heterocycles. The van der Waals surface area contributed by atoms with Crippen molar-refractivity contribution in [1.29, 1.82) is 0 Å². The molecule has 1 heterocycles. The van der Waals surface area contributed by atoms with Crippen LogP contribution in [0, 0.1) is 0 Å². The molecule has 7 heteroatoms. The molecule has 0 saturated carbocycles. The Morgan fingerprint density at radius 2 is 2.00 bits per heavy atom. The molecule has 0 fully saturated rings. The summed E-state index contributed by atoms with van der Waals surface area (Å²) in [6.07, 6.45) is 1.08. The van der Waals surface area contributed by atoms with Crippen molar-refractivity contribution in [2.45, 2.75) is 25.6 Å². The molecule has 118 valence electrons. The average molecular weight is 311 g/mol. The Hall–Kier alpha value is -2.31. The first-order valence-electron chi connectivity index (χ1n) is 6.74. The summed E-state index contributed by atoms with van der Waals surface area (Å²) >= 11 is 0. The molecule has 0 bridgehead atoms. The summed E-state index contributed by atoms with van der Waals surface area (Å²) in [6.45, 7) is 0.597. The van der Waals surface area contributed by atoms with Gasteiger partial charge in [0.05, 0.1) is 11.4 Å². The molecule has 0 aliphatic heterocycles. The van der Waals surface area contributed by atoms with E-state index in [4.69, 9.17) is 4.74 Å². The highest BCUT2D eigenvalue weighted by Gasteiger charge is 2.28. The van der Waals surface area contributed by atoms with E-state index in [2.05, 4.69) is 15.3 Å². The standard InChI is InChI=1S/C15H16F3N3O/c1-11(8-12-9-19-6-7-20-12)21-13-4-2-3-5-14(13)22-10-15(16,17)18/h2-7,9,11,21H,8,10H2,1H3. The van der Waals surface area contributed by atoms with Crippen molar-refractivity contribution in [3.63, 3.8) is 0 Å². The van der Waals surface area contributed by atoms with Gasteiger partial charge in [0.1, 0.15) is 5.75 Å². The topological polar surface area (TPSA) is 47.0 Å². The van der Waals surface area contributed by atoms with Crippen molar-refractivity contribution < 1.29 is 17.9 Å². The lowest BCUT2D eigenvalue weighted by molar-refractivity contribution is -0.153. The van der Waals surface area contributed by atoms with Crippen molar-refractivity contribution in [2.75, 3.05) is 11.9 Å². The van der Waals surface area contributed by atoms with E-state index in [0.29, 0.717) is 12.1 Å². The van der Waals surface area contributed by atoms with Crippen LogP contribution in [0.5, 0.6) is 5.75 Å². The largest absolute Gasteiger partial charge is 0.482 e. The van der Waals surface area contributed by atoms with Crippen LogP contribution in [-0.4, -0.2) is 28.8 Å². The first-order chi connectivity index (χ1) is 10.4. The predicted molar refractivity (Wildman–Crippen MR) is 76.8 cm³/mol. The van der Waals surface area contributed by atoms with E-state index in [0.717, 1.165) is 5.69 Å². The van der Waals surface area contributed by atoms with E-state index in [1.165, 1.54) is 6.07 Å². The van der Waals surface area contributed by atoms with Crippen LogP contribution < -0.4 is 10.1 Å². The van der Waals surface area contributed by atoms with Gasteiger partial charge in [-0.25, -0.2) is 0 Å². The summed E-state index contributed by atoms with van der Waals surface area (Å²) in [4.78, 5) is 8.15. The molecule has 1 aromatic carbocycles. The lowest BCUT2D eigenvalue weighted by atomic mass is 10.1. The monoisotopic (exact) mass is 311 g/mol. The number of ether oxygens (including phenoxy) is 1. The zero-order valence-electron chi connectivity index (χ0n) is 12.0. The zero-order valence-corrected chi connectivity index (χ0v) is 12.0. The summed E-state index contributed by atoms with van der Waals surface area (Å²) in [5.74, 6) is 0.172. The Kier molecular flexibility index (Phi) is 5.19. The summed E-state index contributed by atoms with van der Waals surface area (Å²) in [7, 11) is 0. The van der Waals surface area contributed by atoms with Crippen LogP contribution in [-0.2, 0) is 6.42 Å². The van der Waals surface area contributed by atoms with Gasteiger partial charge in [0.2, 0.25) is 0 Å². The van der Waals surface area contributed by atoms with Crippen molar-refractivity contribution in [2.24, 2.45) is 0 Å². The third-order valence-corrected chi connectivity index (χ3v) is 2.81. The summed E-state index contributed by atoms with van der Waals surface area (Å²) in [5.41, 5.74) is 1.32. The van der Waals surface area contributed by atoms with Crippen LogP contribution in [0.15, 0.2) is 42.9 Å². The van der Waals surface area contributed by atoms with Gasteiger partial charge in [0, 0.05) is 31.1 Å². The molecule has 2 aromatic rings. The normalized spacial score (nSPS) is 12.7. The highest BCUT2D eigenvalue weighted by Crippen LogP contribution is 2.27. The van der Waals surface area contributed by atoms with Crippen LogP contribution >= 0.6 is 0 Å². The van der Waals surface area contributed by atoms with Crippen molar-refractivity contribution >= 4 is 5.69 Å². The van der Waals surface area contributed by atoms with Gasteiger partial charge < -0.3 is 10.1 Å². The van der Waals surface area contributed by atoms with Gasteiger partial charge >= 0.3 is 6.18 Å². The minimum absolute atomic E-state index is 0.0349. The van der Waals surface area contributed by atoms with Gasteiger partial charge in [-0.2, -0.15) is 13.2 Å². The molecule has 4 nitrogen and oxygen atoms in total. The molecule has 0 aliphatic rings. The number of benzene rings is 1. The second kappa shape index (κ2) is 7.11. The fourth-order valence-corrected chi connectivity index (χ4v) is 1.94. The number of nitrogens with one attached hydrogen (secondary N) is 1. The van der Waals surface area contributed by atoms with Gasteiger partial charge in [0.25, 0.3) is 0 Å². The number of rotatable bonds is 6. The maximum absolute atomic E-state index is 12.3. The van der Waals surface area contributed by atoms with E-state index in [9.17, 15) is 13.2 Å². The van der Waals surface area contributed by atoms with Gasteiger partial charge in [-0.1, -0.05) is 12.1 Å². The van der Waals surface area contributed by atoms with E-state index < -0.39 is 12.8 Å². The Balaban J connectivity index is 2.00. The number of hydrogen-bond donors (Lipinski definition) is 1. The molecule has 0 amide bonds. The minimum Gasteiger partial charge on any atom is -0.482 e. The fourth-order valence-electron chi connectivity index (χ4n) is 1.94. The summed E-state index contributed by atoms with van der Waals surface area (Å²) in [5, 5.41) is 3.14. The molecule has 1 N–H and O–H groups in total. The molecule has 0 spiro atoms. The third kappa shape index (κ3) is 5.23. The second-order valence-electron chi connectivity index (χ2n) is 4.85. The quantitative estimate of drug-likeness (QED) is 0.887. The van der Waals surface area contributed by atoms with Crippen LogP contribution in [0.4, 0.5) is 18.9 Å². The van der Waals surface area contributed by atoms with Gasteiger partial charge in [-0.05, 0) is 19.1 Å². The SMILES string of the molecule is CC(Cc1cnccn1)Nc1ccccc1OCC(F)(F)F. The number of anilines is 1. The molecule has 22 heavy (non-hydrogen) atoms. The highest BCUT2D eigenvalue weighted by atomic mass is 19.4. The Bertz CT molecular complexity index is 590. The molecule has 1 aromatic heterocycles. The first kappa shape index (κ1) is 16.1. The number of para-hydroxylation sites is 2. The number of alkyl halides is 3. The average Bonchev–Trinajstić information content (AvgIpc) is 2.46. The van der Waals surface area contributed by atoms with Gasteiger partial charge in [-0.15, -0.1) is 0 Å². The Morgan fingerprint density at radius 1 is 1.23 bits per heavy atom. The number of aromatic nitrogens is 2. The number of halogens is 3. The lowest BCUT2D eigenvalue weighted by Gasteiger charge is -2.18. The van der Waals surface area contributed by atoms with Crippen LogP contribution in [0.3, 0.4) is 0 Å². The Labute approximate surface area is 126 Å². The fraction of sp³-hybridized carbons (Fsp3) is 0.333. The molecular formula is C15H16F3N3O. The van der Waals surface area contributed by atoms with Crippen molar-refractivity contribution in [3.05, 3.63) is 48.5 Å². The van der Waals surface area contributed by atoms with E-state index in [-0.39, 0.29) is 11.8 Å². The van der Waals surface area contributed by atoms with Crippen molar-refractivity contribution in [3.8, 4) is 5.75 Å². The third-order valence-electron chi connectivity index (χ3n) is 2.81. The Morgan fingerprint density at radius 3 is 2.68 bits per heavy atom. The second-order valence-corrected chi connectivity index (χ2v) is 4.85. The lowest BCUT2D eigenvalue weighted by Crippen LogP contribution is -2.22. The van der Waals surface area contributed by atoms with Crippen LogP contribution in [0.2, 0.25) is 0 Å². The molecule has 0 aliphatic carbocycles. The first-order valence-corrected chi connectivity index (χ1v) is 6.74. The molecular weight excluding hydrogens is 295 g/mol. The molecule has 1 unspecified atom stereocenters.